The van der Waals surface area contributed by atoms with Crippen molar-refractivity contribution in [2.24, 2.45) is 0 Å². The van der Waals surface area contributed by atoms with Crippen molar-refractivity contribution in [3.8, 4) is 0 Å². The summed E-state index contributed by atoms with van der Waals surface area (Å²) < 4.78 is 0. The van der Waals surface area contributed by atoms with Crippen molar-refractivity contribution in [1.82, 2.24) is 0 Å². The molecule has 0 amide bonds. The molecule has 0 saturated heterocycles. The second-order valence-corrected chi connectivity index (χ2v) is 5.21. The van der Waals surface area contributed by atoms with Crippen molar-refractivity contribution < 1.29 is 14.7 Å². The molecular formula is C6H15O3P. The van der Waals surface area contributed by atoms with E-state index in [-0.39, 0.29) is 5.66 Å². The van der Waals surface area contributed by atoms with E-state index in [1.165, 1.54) is 6.42 Å². The van der Waals surface area contributed by atoms with E-state index in [0.29, 0.717) is 0 Å². The molecule has 1 aliphatic rings. The van der Waals surface area contributed by atoms with Gasteiger partial charge < -0.3 is 0 Å². The molecule has 0 atom stereocenters. The van der Waals surface area contributed by atoms with Crippen molar-refractivity contribution in [2.45, 2.75) is 37.8 Å². The van der Waals surface area contributed by atoms with Gasteiger partial charge >= 0.3 is 60.4 Å². The molecule has 0 aromatic heterocycles. The van der Waals surface area contributed by atoms with E-state index >= 15 is 0 Å². The van der Waals surface area contributed by atoms with Crippen LogP contribution in [0.5, 0.6) is 0 Å². The van der Waals surface area contributed by atoms with Crippen LogP contribution in [0.2, 0.25) is 0 Å². The monoisotopic (exact) mass is 166 g/mol. The molecule has 0 heterocycles. The van der Waals surface area contributed by atoms with Crippen LogP contribution in [0, 0.1) is 0 Å². The molecule has 1 aliphatic carbocycles. The number of hydrogen-bond acceptors (Lipinski definition) is 3. The molecule has 4 heteroatoms. The Hall–Kier alpha value is 0.310. The van der Waals surface area contributed by atoms with Gasteiger partial charge in [0.1, 0.15) is 0 Å². The summed E-state index contributed by atoms with van der Waals surface area (Å²) in [5.41, 5.74) is -0.193. The van der Waals surface area contributed by atoms with E-state index in [2.05, 4.69) is 0 Å². The SMILES string of the molecule is O[PH](O)(O)C1CCCCC1. The van der Waals surface area contributed by atoms with E-state index in [1.54, 1.807) is 0 Å². The first-order valence-corrected chi connectivity index (χ1v) is 5.69. The van der Waals surface area contributed by atoms with Crippen LogP contribution in [-0.2, 0) is 0 Å². The van der Waals surface area contributed by atoms with Crippen LogP contribution < -0.4 is 0 Å². The van der Waals surface area contributed by atoms with E-state index in [9.17, 15) is 0 Å². The molecule has 3 N–H and O–H groups in total. The van der Waals surface area contributed by atoms with Crippen molar-refractivity contribution in [3.05, 3.63) is 0 Å². The summed E-state index contributed by atoms with van der Waals surface area (Å²) in [5, 5.41) is 0. The molecule has 0 bridgehead atoms. The van der Waals surface area contributed by atoms with E-state index < -0.39 is 7.94 Å². The van der Waals surface area contributed by atoms with E-state index in [4.69, 9.17) is 14.7 Å². The summed E-state index contributed by atoms with van der Waals surface area (Å²) in [5.74, 6) is 0. The molecule has 62 valence electrons. The zero-order valence-electron chi connectivity index (χ0n) is 5.95. The minimum atomic E-state index is -3.76. The number of hydrogen-bond donors (Lipinski definition) is 3. The molecule has 0 spiro atoms. The summed E-state index contributed by atoms with van der Waals surface area (Å²) in [7, 11) is -3.76. The first kappa shape index (κ1) is 8.41. The van der Waals surface area contributed by atoms with Crippen LogP contribution >= 0.6 is 7.94 Å². The molecule has 0 aliphatic heterocycles. The number of rotatable bonds is 1. The van der Waals surface area contributed by atoms with Gasteiger partial charge in [-0.25, -0.2) is 0 Å². The van der Waals surface area contributed by atoms with Crippen LogP contribution in [0.25, 0.3) is 0 Å². The van der Waals surface area contributed by atoms with Gasteiger partial charge in [0.05, 0.1) is 0 Å². The fourth-order valence-electron chi connectivity index (χ4n) is 1.49. The average Bonchev–Trinajstić information content (AvgIpc) is 1.88. The van der Waals surface area contributed by atoms with Crippen LogP contribution in [0.3, 0.4) is 0 Å². The van der Waals surface area contributed by atoms with Crippen molar-refractivity contribution in [3.63, 3.8) is 0 Å². The van der Waals surface area contributed by atoms with E-state index in [0.717, 1.165) is 25.7 Å². The van der Waals surface area contributed by atoms with Crippen LogP contribution in [0.1, 0.15) is 32.1 Å². The maximum absolute atomic E-state index is 8.89. The minimum absolute atomic E-state index is 0.193. The summed E-state index contributed by atoms with van der Waals surface area (Å²) in [6.07, 6.45) is 4.80. The zero-order chi connectivity index (χ0) is 7.61. The third kappa shape index (κ3) is 2.17. The van der Waals surface area contributed by atoms with Gasteiger partial charge in [0, 0.05) is 0 Å². The van der Waals surface area contributed by atoms with Gasteiger partial charge in [-0.3, -0.25) is 0 Å². The molecule has 0 aromatic rings. The Balaban J connectivity index is 2.39. The summed E-state index contributed by atoms with van der Waals surface area (Å²) in [4.78, 5) is 26.7. The van der Waals surface area contributed by atoms with Crippen LogP contribution in [-0.4, -0.2) is 20.3 Å². The molecule has 1 rings (SSSR count). The Bertz CT molecular complexity index is 104. The first-order valence-electron chi connectivity index (χ1n) is 3.78. The Labute approximate surface area is 61.3 Å². The van der Waals surface area contributed by atoms with Crippen molar-refractivity contribution >= 4 is 7.94 Å². The molecule has 1 fully saturated rings. The van der Waals surface area contributed by atoms with Gasteiger partial charge in [-0.05, 0) is 0 Å². The fraction of sp³-hybridized carbons (Fsp3) is 1.00. The Kier molecular flexibility index (Phi) is 2.64. The molecule has 0 radical (unpaired) electrons. The quantitative estimate of drug-likeness (QED) is 0.505. The molecule has 1 saturated carbocycles. The van der Waals surface area contributed by atoms with Gasteiger partial charge in [0.25, 0.3) is 0 Å². The molecule has 10 heavy (non-hydrogen) atoms. The summed E-state index contributed by atoms with van der Waals surface area (Å²) in [6.45, 7) is 0. The molecular weight excluding hydrogens is 151 g/mol. The molecule has 3 nitrogen and oxygen atoms in total. The Morgan fingerprint density at radius 2 is 1.40 bits per heavy atom. The Morgan fingerprint density at radius 1 is 0.900 bits per heavy atom. The molecule has 0 aromatic carbocycles. The summed E-state index contributed by atoms with van der Waals surface area (Å²) >= 11 is 0. The molecule has 0 unspecified atom stereocenters. The van der Waals surface area contributed by atoms with Gasteiger partial charge in [0.15, 0.2) is 0 Å². The van der Waals surface area contributed by atoms with Crippen LogP contribution in [0.4, 0.5) is 0 Å². The topological polar surface area (TPSA) is 60.7 Å². The summed E-state index contributed by atoms with van der Waals surface area (Å²) in [6, 6.07) is 0. The average molecular weight is 166 g/mol. The third-order valence-electron chi connectivity index (χ3n) is 2.15. The van der Waals surface area contributed by atoms with Crippen molar-refractivity contribution in [1.29, 1.82) is 0 Å². The first-order chi connectivity index (χ1) is 4.61. The van der Waals surface area contributed by atoms with Gasteiger partial charge in [0.2, 0.25) is 0 Å². The zero-order valence-corrected chi connectivity index (χ0v) is 6.95. The van der Waals surface area contributed by atoms with Crippen molar-refractivity contribution in [2.75, 3.05) is 0 Å². The normalized spacial score (nSPS) is 24.7. The third-order valence-corrected chi connectivity index (χ3v) is 3.83. The predicted molar refractivity (Wildman–Crippen MR) is 41.8 cm³/mol. The standard InChI is InChI=1S/C6H15O3P/c7-10(8,9)6-4-2-1-3-5-6/h6-10H,1-5H2. The predicted octanol–water partition coefficient (Wildman–Crippen LogP) is 0.791. The van der Waals surface area contributed by atoms with E-state index in [1.807, 2.05) is 0 Å². The fourth-order valence-corrected chi connectivity index (χ4v) is 2.67. The maximum atomic E-state index is 8.89. The second kappa shape index (κ2) is 3.14. The van der Waals surface area contributed by atoms with Crippen LogP contribution in [0.15, 0.2) is 0 Å². The van der Waals surface area contributed by atoms with Gasteiger partial charge in [-0.1, -0.05) is 0 Å². The van der Waals surface area contributed by atoms with Gasteiger partial charge in [-0.15, -0.1) is 0 Å². The Morgan fingerprint density at radius 3 is 1.70 bits per heavy atom. The van der Waals surface area contributed by atoms with Gasteiger partial charge in [-0.2, -0.15) is 0 Å². The second-order valence-electron chi connectivity index (χ2n) is 3.02.